The predicted octanol–water partition coefficient (Wildman–Crippen LogP) is 2.76. The second kappa shape index (κ2) is 4.05. The Bertz CT molecular complexity index is 423. The maximum atomic E-state index is 10.5. The van der Waals surface area contributed by atoms with Gasteiger partial charge in [0, 0.05) is 6.07 Å². The fourth-order valence-electron chi connectivity index (χ4n) is 0.799. The molecule has 0 bridgehead atoms. The minimum atomic E-state index is -0.727. The molecule has 0 N–H and O–H groups in total. The van der Waals surface area contributed by atoms with E-state index in [1.54, 1.807) is 22.6 Å². The van der Waals surface area contributed by atoms with E-state index >= 15 is 0 Å². The van der Waals surface area contributed by atoms with Crippen molar-refractivity contribution in [3.8, 4) is 0 Å². The van der Waals surface area contributed by atoms with E-state index in [-0.39, 0.29) is 20.0 Å². The van der Waals surface area contributed by atoms with Gasteiger partial charge in [-0.2, -0.15) is 0 Å². The summed E-state index contributed by atoms with van der Waals surface area (Å²) in [6, 6.07) is 1.96. The summed E-state index contributed by atoms with van der Waals surface area (Å²) in [6.07, 6.45) is 0. The summed E-state index contributed by atoms with van der Waals surface area (Å²) in [5, 5.41) is 20.8. The van der Waals surface area contributed by atoms with E-state index in [1.807, 2.05) is 0 Å². The van der Waals surface area contributed by atoms with Crippen LogP contribution in [0, 0.1) is 23.8 Å². The van der Waals surface area contributed by atoms with Crippen molar-refractivity contribution >= 4 is 45.6 Å². The first-order chi connectivity index (χ1) is 6.43. The summed E-state index contributed by atoms with van der Waals surface area (Å²) in [5.74, 6) is 0. The molecule has 0 aliphatic rings. The van der Waals surface area contributed by atoms with Gasteiger partial charge in [0.15, 0.2) is 0 Å². The monoisotopic (exact) mass is 328 g/mol. The molecule has 0 aliphatic heterocycles. The maximum absolute atomic E-state index is 10.5. The average molecular weight is 328 g/mol. The van der Waals surface area contributed by atoms with Crippen molar-refractivity contribution in [2.75, 3.05) is 0 Å². The number of nitro groups is 2. The molecule has 1 aromatic carbocycles. The highest BCUT2D eigenvalue weighted by molar-refractivity contribution is 14.1. The average Bonchev–Trinajstić information content (AvgIpc) is 2.08. The van der Waals surface area contributed by atoms with Gasteiger partial charge in [0.25, 0.3) is 11.4 Å². The molecule has 8 heteroatoms. The van der Waals surface area contributed by atoms with Gasteiger partial charge < -0.3 is 0 Å². The van der Waals surface area contributed by atoms with Crippen molar-refractivity contribution in [1.82, 2.24) is 0 Å². The molecule has 0 amide bonds. The normalized spacial score (nSPS) is 9.86. The number of non-ortho nitro benzene ring substituents is 1. The molecule has 0 aromatic heterocycles. The van der Waals surface area contributed by atoms with Gasteiger partial charge in [-0.1, -0.05) is 11.6 Å². The van der Waals surface area contributed by atoms with Gasteiger partial charge in [0.05, 0.1) is 20.9 Å². The van der Waals surface area contributed by atoms with Gasteiger partial charge in [-0.05, 0) is 22.6 Å². The van der Waals surface area contributed by atoms with Crippen LogP contribution in [-0.4, -0.2) is 9.85 Å². The van der Waals surface area contributed by atoms with Crippen LogP contribution in [0.4, 0.5) is 11.4 Å². The summed E-state index contributed by atoms with van der Waals surface area (Å²) in [7, 11) is 0. The SMILES string of the molecule is O=[N+]([O-])c1cc(Cl)c(I)c([N+](=O)[O-])c1. The van der Waals surface area contributed by atoms with Crippen LogP contribution in [0.25, 0.3) is 0 Å². The first-order valence-corrected chi connectivity index (χ1v) is 4.67. The second-order valence-electron chi connectivity index (χ2n) is 2.27. The Balaban J connectivity index is 3.43. The molecule has 0 atom stereocenters. The number of rotatable bonds is 2. The number of benzene rings is 1. The molecule has 74 valence electrons. The van der Waals surface area contributed by atoms with Crippen LogP contribution in [0.5, 0.6) is 0 Å². The van der Waals surface area contributed by atoms with Crippen LogP contribution in [0.2, 0.25) is 5.02 Å². The van der Waals surface area contributed by atoms with Crippen molar-refractivity contribution in [2.45, 2.75) is 0 Å². The molecule has 0 unspecified atom stereocenters. The second-order valence-corrected chi connectivity index (χ2v) is 3.76. The molecule has 0 saturated carbocycles. The van der Waals surface area contributed by atoms with Crippen molar-refractivity contribution in [3.05, 3.63) is 41.0 Å². The topological polar surface area (TPSA) is 86.3 Å². The van der Waals surface area contributed by atoms with Gasteiger partial charge in [-0.3, -0.25) is 20.2 Å². The molecule has 0 aliphatic carbocycles. The maximum Gasteiger partial charge on any atom is 0.291 e. The molecular weight excluding hydrogens is 326 g/mol. The van der Waals surface area contributed by atoms with Gasteiger partial charge in [0.1, 0.15) is 3.57 Å². The zero-order valence-corrected chi connectivity index (χ0v) is 9.35. The zero-order chi connectivity index (χ0) is 10.9. The Morgan fingerprint density at radius 1 is 1.21 bits per heavy atom. The van der Waals surface area contributed by atoms with Crippen LogP contribution in [0.15, 0.2) is 12.1 Å². The Morgan fingerprint density at radius 3 is 2.21 bits per heavy atom. The molecule has 0 fully saturated rings. The van der Waals surface area contributed by atoms with Crippen LogP contribution >= 0.6 is 34.2 Å². The lowest BCUT2D eigenvalue weighted by molar-refractivity contribution is -0.394. The molecule has 1 rings (SSSR count). The zero-order valence-electron chi connectivity index (χ0n) is 6.44. The predicted molar refractivity (Wildman–Crippen MR) is 57.5 cm³/mol. The quantitative estimate of drug-likeness (QED) is 0.474. The van der Waals surface area contributed by atoms with Gasteiger partial charge in [-0.25, -0.2) is 0 Å². The third-order valence-electron chi connectivity index (χ3n) is 1.40. The van der Waals surface area contributed by atoms with Crippen LogP contribution in [-0.2, 0) is 0 Å². The van der Waals surface area contributed by atoms with Gasteiger partial charge >= 0.3 is 0 Å². The fraction of sp³-hybridized carbons (Fsp3) is 0. The molecule has 14 heavy (non-hydrogen) atoms. The van der Waals surface area contributed by atoms with E-state index in [0.29, 0.717) is 0 Å². The molecule has 0 saturated heterocycles. The molecular formula is C6H2ClIN2O4. The molecule has 0 spiro atoms. The number of hydrogen-bond acceptors (Lipinski definition) is 4. The fourth-order valence-corrected chi connectivity index (χ4v) is 1.52. The molecule has 0 radical (unpaired) electrons. The smallest absolute Gasteiger partial charge is 0.258 e. The van der Waals surface area contributed by atoms with Crippen LogP contribution < -0.4 is 0 Å². The minimum Gasteiger partial charge on any atom is -0.258 e. The summed E-state index contributed by atoms with van der Waals surface area (Å²) < 4.78 is 0.194. The number of halogens is 2. The lowest BCUT2D eigenvalue weighted by Crippen LogP contribution is -1.95. The summed E-state index contributed by atoms with van der Waals surface area (Å²) in [5.41, 5.74) is -0.744. The molecule has 6 nitrogen and oxygen atoms in total. The highest BCUT2D eigenvalue weighted by Crippen LogP contribution is 2.32. The Morgan fingerprint density at radius 2 is 1.79 bits per heavy atom. The van der Waals surface area contributed by atoms with E-state index in [9.17, 15) is 20.2 Å². The van der Waals surface area contributed by atoms with E-state index in [0.717, 1.165) is 12.1 Å². The van der Waals surface area contributed by atoms with Crippen molar-refractivity contribution in [2.24, 2.45) is 0 Å². The highest BCUT2D eigenvalue weighted by Gasteiger charge is 2.21. The van der Waals surface area contributed by atoms with E-state index in [2.05, 4.69) is 0 Å². The molecule has 0 heterocycles. The lowest BCUT2D eigenvalue weighted by Gasteiger charge is -1.98. The summed E-state index contributed by atoms with van der Waals surface area (Å²) in [6.45, 7) is 0. The van der Waals surface area contributed by atoms with E-state index in [4.69, 9.17) is 11.6 Å². The van der Waals surface area contributed by atoms with Gasteiger partial charge in [0.2, 0.25) is 0 Å². The third kappa shape index (κ3) is 2.10. The standard InChI is InChI=1S/C6H2ClIN2O4/c7-4-1-3(9(11)12)2-5(6(4)8)10(13)14/h1-2H. The minimum absolute atomic E-state index is 0.00602. The first-order valence-electron chi connectivity index (χ1n) is 3.21. The third-order valence-corrected chi connectivity index (χ3v) is 3.15. The van der Waals surface area contributed by atoms with E-state index in [1.165, 1.54) is 0 Å². The van der Waals surface area contributed by atoms with Crippen molar-refractivity contribution < 1.29 is 9.85 Å². The number of nitrogens with zero attached hydrogens (tertiary/aromatic N) is 2. The summed E-state index contributed by atoms with van der Waals surface area (Å²) >= 11 is 7.25. The molecule has 1 aromatic rings. The Labute approximate surface area is 96.3 Å². The Kier molecular flexibility index (Phi) is 3.21. The Hall–Kier alpha value is -0.960. The first kappa shape index (κ1) is 11.1. The summed E-state index contributed by atoms with van der Waals surface area (Å²) in [4.78, 5) is 19.4. The highest BCUT2D eigenvalue weighted by atomic mass is 127. The van der Waals surface area contributed by atoms with Crippen molar-refractivity contribution in [1.29, 1.82) is 0 Å². The van der Waals surface area contributed by atoms with Gasteiger partial charge in [-0.15, -0.1) is 0 Å². The number of nitro benzene ring substituents is 2. The van der Waals surface area contributed by atoms with Crippen molar-refractivity contribution in [3.63, 3.8) is 0 Å². The lowest BCUT2D eigenvalue weighted by atomic mass is 10.3. The van der Waals surface area contributed by atoms with Crippen LogP contribution in [0.1, 0.15) is 0 Å². The van der Waals surface area contributed by atoms with E-state index < -0.39 is 9.85 Å². The number of hydrogen-bond donors (Lipinski definition) is 0. The largest absolute Gasteiger partial charge is 0.291 e. The van der Waals surface area contributed by atoms with Crippen LogP contribution in [0.3, 0.4) is 0 Å².